The van der Waals surface area contributed by atoms with Crippen molar-refractivity contribution in [2.45, 2.75) is 39.2 Å². The van der Waals surface area contributed by atoms with Crippen molar-refractivity contribution in [2.75, 3.05) is 17.2 Å². The second kappa shape index (κ2) is 8.54. The van der Waals surface area contributed by atoms with Crippen LogP contribution in [-0.2, 0) is 0 Å². The van der Waals surface area contributed by atoms with Crippen LogP contribution in [0.2, 0.25) is 5.28 Å². The van der Waals surface area contributed by atoms with Crippen LogP contribution in [0.15, 0.2) is 30.3 Å². The largest absolute Gasteiger partial charge is 0.354 e. The highest BCUT2D eigenvalue weighted by Crippen LogP contribution is 2.18. The van der Waals surface area contributed by atoms with Crippen molar-refractivity contribution < 1.29 is 0 Å². The predicted molar refractivity (Wildman–Crippen MR) is 91.3 cm³/mol. The van der Waals surface area contributed by atoms with Gasteiger partial charge >= 0.3 is 0 Å². The molecule has 0 saturated heterocycles. The molecule has 2 aromatic rings. The maximum atomic E-state index is 5.98. The lowest BCUT2D eigenvalue weighted by Gasteiger charge is -2.14. The fraction of sp³-hybridized carbons (Fsp3) is 0.438. The Balaban J connectivity index is 2.00. The third kappa shape index (κ3) is 5.15. The molecule has 6 heteroatoms. The van der Waals surface area contributed by atoms with Gasteiger partial charge in [0.15, 0.2) is 0 Å². The number of benzene rings is 1. The molecule has 0 amide bonds. The van der Waals surface area contributed by atoms with Crippen molar-refractivity contribution >= 4 is 23.5 Å². The van der Waals surface area contributed by atoms with Crippen LogP contribution in [-0.4, -0.2) is 21.5 Å². The Morgan fingerprint density at radius 3 is 2.50 bits per heavy atom. The number of anilines is 2. The van der Waals surface area contributed by atoms with Crippen LogP contribution in [0.3, 0.4) is 0 Å². The van der Waals surface area contributed by atoms with Gasteiger partial charge in [-0.25, -0.2) is 0 Å². The van der Waals surface area contributed by atoms with Crippen LogP contribution in [0.25, 0.3) is 0 Å². The molecule has 0 aliphatic rings. The van der Waals surface area contributed by atoms with Crippen molar-refractivity contribution in [3.63, 3.8) is 0 Å². The van der Waals surface area contributed by atoms with E-state index in [-0.39, 0.29) is 11.3 Å². The minimum Gasteiger partial charge on any atom is -0.354 e. The van der Waals surface area contributed by atoms with Crippen LogP contribution in [0.1, 0.15) is 44.7 Å². The van der Waals surface area contributed by atoms with E-state index in [2.05, 4.69) is 51.6 Å². The van der Waals surface area contributed by atoms with E-state index in [1.54, 1.807) is 0 Å². The molecule has 118 valence electrons. The van der Waals surface area contributed by atoms with E-state index >= 15 is 0 Å². The summed E-state index contributed by atoms with van der Waals surface area (Å²) >= 11 is 5.98. The highest BCUT2D eigenvalue weighted by molar-refractivity contribution is 6.28. The first-order chi connectivity index (χ1) is 10.7. The molecule has 0 fully saturated rings. The molecule has 0 spiro atoms. The molecule has 1 atom stereocenters. The molecule has 1 aromatic carbocycles. The minimum absolute atomic E-state index is 0.0904. The third-order valence-corrected chi connectivity index (χ3v) is 3.49. The van der Waals surface area contributed by atoms with Crippen molar-refractivity contribution in [2.24, 2.45) is 0 Å². The van der Waals surface area contributed by atoms with Gasteiger partial charge in [-0.15, -0.1) is 0 Å². The molecule has 2 rings (SSSR count). The zero-order valence-electron chi connectivity index (χ0n) is 13.0. The lowest BCUT2D eigenvalue weighted by molar-refractivity contribution is 0.739. The highest BCUT2D eigenvalue weighted by Gasteiger charge is 2.09. The molecule has 1 aromatic heterocycles. The highest BCUT2D eigenvalue weighted by atomic mass is 35.5. The fourth-order valence-corrected chi connectivity index (χ4v) is 2.25. The normalized spacial score (nSPS) is 12.0. The number of rotatable bonds is 8. The van der Waals surface area contributed by atoms with Crippen molar-refractivity contribution in [1.82, 2.24) is 15.0 Å². The SMILES string of the molecule is CCCCCNc1nc(Cl)nc(N[C@@H](C)c2ccccc2)n1. The van der Waals surface area contributed by atoms with Gasteiger partial charge < -0.3 is 10.6 Å². The molecule has 22 heavy (non-hydrogen) atoms. The summed E-state index contributed by atoms with van der Waals surface area (Å²) in [6.07, 6.45) is 3.45. The zero-order valence-corrected chi connectivity index (χ0v) is 13.8. The second-order valence-corrected chi connectivity index (χ2v) is 5.50. The Hall–Kier alpha value is -1.88. The Kier molecular flexibility index (Phi) is 6.40. The average Bonchev–Trinajstić information content (AvgIpc) is 2.52. The molecule has 0 radical (unpaired) electrons. The summed E-state index contributed by atoms with van der Waals surface area (Å²) in [7, 11) is 0. The predicted octanol–water partition coefficient (Wildman–Crippen LogP) is 4.30. The van der Waals surface area contributed by atoms with Gasteiger partial charge in [-0.1, -0.05) is 50.1 Å². The number of halogens is 1. The summed E-state index contributed by atoms with van der Waals surface area (Å²) < 4.78 is 0. The molecule has 0 aliphatic carbocycles. The summed E-state index contributed by atoms with van der Waals surface area (Å²) in [6.45, 7) is 5.07. The third-order valence-electron chi connectivity index (χ3n) is 3.32. The maximum Gasteiger partial charge on any atom is 0.229 e. The Morgan fingerprint density at radius 2 is 1.77 bits per heavy atom. The van der Waals surface area contributed by atoms with E-state index in [4.69, 9.17) is 11.6 Å². The van der Waals surface area contributed by atoms with Gasteiger partial charge in [0.05, 0.1) is 6.04 Å². The van der Waals surface area contributed by atoms with Gasteiger partial charge in [-0.3, -0.25) is 0 Å². The molecular weight excluding hydrogens is 298 g/mol. The van der Waals surface area contributed by atoms with Gasteiger partial charge in [0.1, 0.15) is 0 Å². The number of nitrogens with zero attached hydrogens (tertiary/aromatic N) is 3. The molecule has 5 nitrogen and oxygen atoms in total. The van der Waals surface area contributed by atoms with Gasteiger partial charge in [-0.05, 0) is 30.5 Å². The monoisotopic (exact) mass is 319 g/mol. The number of nitrogens with one attached hydrogen (secondary N) is 2. The average molecular weight is 320 g/mol. The lowest BCUT2D eigenvalue weighted by atomic mass is 10.1. The smallest absolute Gasteiger partial charge is 0.229 e. The Bertz CT molecular complexity index is 576. The molecular formula is C16H22ClN5. The minimum atomic E-state index is 0.0904. The first kappa shape index (κ1) is 16.5. The molecule has 2 N–H and O–H groups in total. The van der Waals surface area contributed by atoms with E-state index in [0.29, 0.717) is 11.9 Å². The van der Waals surface area contributed by atoms with Crippen molar-refractivity contribution in [3.8, 4) is 0 Å². The molecule has 0 saturated carbocycles. The van der Waals surface area contributed by atoms with Crippen molar-refractivity contribution in [3.05, 3.63) is 41.2 Å². The fourth-order valence-electron chi connectivity index (χ4n) is 2.09. The van der Waals surface area contributed by atoms with E-state index < -0.39 is 0 Å². The number of unbranched alkanes of at least 4 members (excludes halogenated alkanes) is 2. The molecule has 0 unspecified atom stereocenters. The van der Waals surface area contributed by atoms with Crippen LogP contribution in [0, 0.1) is 0 Å². The van der Waals surface area contributed by atoms with Crippen molar-refractivity contribution in [1.29, 1.82) is 0 Å². The lowest BCUT2D eigenvalue weighted by Crippen LogP contribution is -2.12. The van der Waals surface area contributed by atoms with E-state index in [1.807, 2.05) is 18.2 Å². The number of hydrogen-bond acceptors (Lipinski definition) is 5. The molecule has 0 bridgehead atoms. The summed E-state index contributed by atoms with van der Waals surface area (Å²) in [5, 5.41) is 6.63. The Labute approximate surface area is 136 Å². The second-order valence-electron chi connectivity index (χ2n) is 5.16. The summed E-state index contributed by atoms with van der Waals surface area (Å²) in [5.41, 5.74) is 1.16. The van der Waals surface area contributed by atoms with E-state index in [1.165, 1.54) is 12.8 Å². The first-order valence-corrected chi connectivity index (χ1v) is 8.03. The van der Waals surface area contributed by atoms with Gasteiger partial charge in [-0.2, -0.15) is 15.0 Å². The van der Waals surface area contributed by atoms with Crippen LogP contribution in [0.4, 0.5) is 11.9 Å². The van der Waals surface area contributed by atoms with Crippen LogP contribution in [0.5, 0.6) is 0 Å². The topological polar surface area (TPSA) is 62.7 Å². The summed E-state index contributed by atoms with van der Waals surface area (Å²) in [6, 6.07) is 10.2. The maximum absolute atomic E-state index is 5.98. The van der Waals surface area contributed by atoms with Gasteiger partial charge in [0.2, 0.25) is 17.2 Å². The summed E-state index contributed by atoms with van der Waals surface area (Å²) in [5.74, 6) is 0.994. The van der Waals surface area contributed by atoms with Crippen LogP contribution < -0.4 is 10.6 Å². The quantitative estimate of drug-likeness (QED) is 0.710. The standard InChI is InChI=1S/C16H22ClN5/c1-3-4-8-11-18-15-20-14(17)21-16(22-15)19-12(2)13-9-6-5-7-10-13/h5-7,9-10,12H,3-4,8,11H2,1-2H3,(H2,18,19,20,21,22)/t12-/m0/s1. The molecule has 1 heterocycles. The summed E-state index contributed by atoms with van der Waals surface area (Å²) in [4.78, 5) is 12.6. The van der Waals surface area contributed by atoms with Gasteiger partial charge in [0, 0.05) is 6.54 Å². The van der Waals surface area contributed by atoms with E-state index in [9.17, 15) is 0 Å². The number of aromatic nitrogens is 3. The Morgan fingerprint density at radius 1 is 1.05 bits per heavy atom. The first-order valence-electron chi connectivity index (χ1n) is 7.66. The van der Waals surface area contributed by atoms with Gasteiger partial charge in [0.25, 0.3) is 0 Å². The zero-order chi connectivity index (χ0) is 15.8. The number of hydrogen-bond donors (Lipinski definition) is 2. The van der Waals surface area contributed by atoms with E-state index in [0.717, 1.165) is 18.5 Å². The molecule has 0 aliphatic heterocycles. The van der Waals surface area contributed by atoms with Crippen LogP contribution >= 0.6 is 11.6 Å².